The number of benzene rings is 4. The van der Waals surface area contributed by atoms with Crippen LogP contribution in [0.25, 0.3) is 11.1 Å². The molecule has 0 radical (unpaired) electrons. The van der Waals surface area contributed by atoms with E-state index in [4.69, 9.17) is 18.9 Å². The number of rotatable bonds is 12. The van der Waals surface area contributed by atoms with Gasteiger partial charge < -0.3 is 18.9 Å². The van der Waals surface area contributed by atoms with Gasteiger partial charge in [0, 0.05) is 24.7 Å². The Kier molecular flexibility index (Phi) is 9.94. The summed E-state index contributed by atoms with van der Waals surface area (Å²) in [6, 6.07) is 26.0. The van der Waals surface area contributed by atoms with Gasteiger partial charge in [-0.15, -0.1) is 0 Å². The molecule has 1 aliphatic heterocycles. The summed E-state index contributed by atoms with van der Waals surface area (Å²) in [5.74, 6) is 3.02. The minimum Gasteiger partial charge on any atom is -0.488 e. The van der Waals surface area contributed by atoms with Crippen molar-refractivity contribution in [1.29, 1.82) is 5.26 Å². The van der Waals surface area contributed by atoms with Crippen LogP contribution in [0.3, 0.4) is 0 Å². The first-order valence-electron chi connectivity index (χ1n) is 14.4. The van der Waals surface area contributed by atoms with E-state index >= 15 is 0 Å². The fourth-order valence-corrected chi connectivity index (χ4v) is 5.63. The lowest BCUT2D eigenvalue weighted by Crippen LogP contribution is -2.20. The molecule has 1 atom stereocenters. The standard InChI is InChI=1S/C35H35N2O5P/c1-24-16-30(21-37(3)12-15-43-38)34(41-22-27-7-4-6-26(17-27)20-36)19-33(24)42-23-29-8-5-9-31(25(29)2)28-10-11-32-35(18-28)40-14-13-39-32/h4-11,16-19H,12-15,21-23H2,1-3H3/p+1. The molecule has 7 nitrogen and oxygen atoms in total. The highest BCUT2D eigenvalue weighted by molar-refractivity contribution is 7.23. The Balaban J connectivity index is 1.37. The number of hydrogen-bond acceptors (Lipinski definition) is 7. The topological polar surface area (TPSA) is 81.0 Å². The Morgan fingerprint density at radius 1 is 0.884 bits per heavy atom. The lowest BCUT2D eigenvalue weighted by atomic mass is 9.96. The van der Waals surface area contributed by atoms with Crippen LogP contribution in [0.15, 0.2) is 72.8 Å². The monoisotopic (exact) mass is 595 g/mol. The van der Waals surface area contributed by atoms with Crippen LogP contribution < -0.4 is 18.9 Å². The van der Waals surface area contributed by atoms with E-state index in [1.54, 1.807) is 6.07 Å². The van der Waals surface area contributed by atoms with Crippen molar-refractivity contribution in [3.63, 3.8) is 0 Å². The molecule has 220 valence electrons. The summed E-state index contributed by atoms with van der Waals surface area (Å²) in [6.45, 7) is 7.37. The molecule has 0 saturated carbocycles. The molecular weight excluding hydrogens is 559 g/mol. The number of nitrogens with zero attached hydrogens (tertiary/aromatic N) is 2. The Morgan fingerprint density at radius 2 is 1.67 bits per heavy atom. The van der Waals surface area contributed by atoms with Crippen molar-refractivity contribution < 1.29 is 23.5 Å². The average Bonchev–Trinajstić information content (AvgIpc) is 3.03. The number of aryl methyl sites for hydroxylation is 1. The van der Waals surface area contributed by atoms with Gasteiger partial charge in [-0.2, -0.15) is 5.26 Å². The first-order chi connectivity index (χ1) is 20.9. The van der Waals surface area contributed by atoms with Gasteiger partial charge in [0.05, 0.1) is 11.6 Å². The van der Waals surface area contributed by atoms with E-state index in [-0.39, 0.29) is 8.46 Å². The maximum Gasteiger partial charge on any atom is 0.326 e. The molecule has 0 spiro atoms. The Hall–Kier alpha value is -4.37. The van der Waals surface area contributed by atoms with Gasteiger partial charge in [-0.05, 0) is 84.6 Å². The van der Waals surface area contributed by atoms with Gasteiger partial charge >= 0.3 is 8.46 Å². The molecule has 0 aromatic heterocycles. The highest BCUT2D eigenvalue weighted by Gasteiger charge is 2.16. The fraction of sp³-hybridized carbons (Fsp3) is 0.286. The highest BCUT2D eigenvalue weighted by Crippen LogP contribution is 2.37. The summed E-state index contributed by atoms with van der Waals surface area (Å²) in [6.07, 6.45) is 0.624. The minimum absolute atomic E-state index is 0.321. The van der Waals surface area contributed by atoms with E-state index in [1.165, 1.54) is 0 Å². The van der Waals surface area contributed by atoms with Crippen LogP contribution in [-0.4, -0.2) is 37.9 Å². The van der Waals surface area contributed by atoms with Crippen molar-refractivity contribution in [3.8, 4) is 40.2 Å². The van der Waals surface area contributed by atoms with Gasteiger partial charge in [-0.3, -0.25) is 4.90 Å². The maximum absolute atomic E-state index is 11.1. The minimum atomic E-state index is -0.321. The average molecular weight is 596 g/mol. The Morgan fingerprint density at radius 3 is 2.49 bits per heavy atom. The summed E-state index contributed by atoms with van der Waals surface area (Å²) in [7, 11) is 1.69. The Bertz CT molecular complexity index is 1650. The Labute approximate surface area is 254 Å². The number of nitriles is 1. The van der Waals surface area contributed by atoms with Gasteiger partial charge in [0.15, 0.2) is 17.7 Å². The lowest BCUT2D eigenvalue weighted by Gasteiger charge is -2.21. The first-order valence-corrected chi connectivity index (χ1v) is 15.5. The van der Waals surface area contributed by atoms with E-state index in [0.717, 1.165) is 68.5 Å². The zero-order valence-electron chi connectivity index (χ0n) is 24.8. The number of ether oxygens (including phenoxy) is 4. The second kappa shape index (κ2) is 14.2. The smallest absolute Gasteiger partial charge is 0.326 e. The molecule has 0 amide bonds. The van der Waals surface area contributed by atoms with E-state index in [1.807, 2.05) is 50.4 Å². The lowest BCUT2D eigenvalue weighted by molar-refractivity contribution is 0.171. The molecule has 5 rings (SSSR count). The van der Waals surface area contributed by atoms with Crippen LogP contribution in [0.5, 0.6) is 23.0 Å². The fourth-order valence-electron chi connectivity index (χ4n) is 5.16. The third-order valence-corrected chi connectivity index (χ3v) is 7.95. The third kappa shape index (κ3) is 7.53. The zero-order valence-corrected chi connectivity index (χ0v) is 25.8. The van der Waals surface area contributed by atoms with Gasteiger partial charge in [-0.1, -0.05) is 41.0 Å². The number of hydrogen-bond donors (Lipinski definition) is 0. The summed E-state index contributed by atoms with van der Waals surface area (Å²) in [5.41, 5.74) is 7.97. The molecule has 0 N–H and O–H groups in total. The predicted octanol–water partition coefficient (Wildman–Crippen LogP) is 7.23. The molecule has 43 heavy (non-hydrogen) atoms. The van der Waals surface area contributed by atoms with Crippen LogP contribution in [0.2, 0.25) is 0 Å². The van der Waals surface area contributed by atoms with Gasteiger partial charge in [0.25, 0.3) is 0 Å². The van der Waals surface area contributed by atoms with Gasteiger partial charge in [0.2, 0.25) is 0 Å². The summed E-state index contributed by atoms with van der Waals surface area (Å²) < 4.78 is 35.3. The van der Waals surface area contributed by atoms with Gasteiger partial charge in [0.1, 0.15) is 37.9 Å². The zero-order chi connectivity index (χ0) is 30.2. The first kappa shape index (κ1) is 30.1. The summed E-state index contributed by atoms with van der Waals surface area (Å²) >= 11 is 0. The molecule has 1 aliphatic rings. The number of fused-ring (bicyclic) bond motifs is 1. The molecule has 4 aromatic carbocycles. The highest BCUT2D eigenvalue weighted by atomic mass is 31.1. The normalized spacial score (nSPS) is 12.3. The summed E-state index contributed by atoms with van der Waals surface area (Å²) in [5, 5.41) is 9.28. The van der Waals surface area contributed by atoms with Crippen molar-refractivity contribution in [2.24, 2.45) is 0 Å². The SMILES string of the molecule is Cc1cc(CN(C)CC[PH+]=O)c(OCc2cccc(C#N)c2)cc1OCc1cccc(-c2ccc3c(c2)OCCO3)c1C. The molecular formula is C35H36N2O5P+. The molecule has 1 heterocycles. The van der Waals surface area contributed by atoms with Crippen molar-refractivity contribution >= 4 is 8.46 Å². The largest absolute Gasteiger partial charge is 0.488 e. The third-order valence-electron chi connectivity index (χ3n) is 7.53. The molecule has 4 aromatic rings. The molecule has 0 aliphatic carbocycles. The van der Waals surface area contributed by atoms with E-state index in [9.17, 15) is 9.83 Å². The summed E-state index contributed by atoms with van der Waals surface area (Å²) in [4.78, 5) is 2.14. The van der Waals surface area contributed by atoms with Crippen molar-refractivity contribution in [1.82, 2.24) is 4.90 Å². The molecule has 0 bridgehead atoms. The molecule has 0 saturated heterocycles. The van der Waals surface area contributed by atoms with E-state index in [2.05, 4.69) is 48.2 Å². The second-order valence-electron chi connectivity index (χ2n) is 10.7. The van der Waals surface area contributed by atoms with Crippen molar-refractivity contribution in [2.45, 2.75) is 33.6 Å². The quantitative estimate of drug-likeness (QED) is 0.160. The van der Waals surface area contributed by atoms with Crippen LogP contribution in [0.1, 0.15) is 33.4 Å². The molecule has 1 unspecified atom stereocenters. The maximum atomic E-state index is 11.1. The molecule has 8 heteroatoms. The van der Waals surface area contributed by atoms with Crippen LogP contribution in [-0.2, 0) is 24.3 Å². The van der Waals surface area contributed by atoms with E-state index < -0.39 is 0 Å². The van der Waals surface area contributed by atoms with Crippen molar-refractivity contribution in [3.05, 3.63) is 106 Å². The van der Waals surface area contributed by atoms with Gasteiger partial charge in [-0.25, -0.2) is 0 Å². The predicted molar refractivity (Wildman–Crippen MR) is 169 cm³/mol. The van der Waals surface area contributed by atoms with E-state index in [0.29, 0.717) is 44.7 Å². The van der Waals surface area contributed by atoms with Crippen LogP contribution in [0.4, 0.5) is 0 Å². The van der Waals surface area contributed by atoms with Crippen LogP contribution in [0, 0.1) is 25.2 Å². The van der Waals surface area contributed by atoms with Crippen LogP contribution >= 0.6 is 8.46 Å². The second-order valence-corrected chi connectivity index (χ2v) is 11.5. The van der Waals surface area contributed by atoms with Crippen molar-refractivity contribution in [2.75, 3.05) is 33.0 Å². The molecule has 0 fully saturated rings.